The van der Waals surface area contributed by atoms with Crippen molar-refractivity contribution < 1.29 is 0 Å². The van der Waals surface area contributed by atoms with E-state index in [1.165, 1.54) is 5.56 Å². The summed E-state index contributed by atoms with van der Waals surface area (Å²) < 4.78 is 0. The van der Waals surface area contributed by atoms with Crippen molar-refractivity contribution in [2.75, 3.05) is 5.32 Å². The van der Waals surface area contributed by atoms with Crippen LogP contribution in [0, 0.1) is 0 Å². The summed E-state index contributed by atoms with van der Waals surface area (Å²) in [6.45, 7) is 2.11. The van der Waals surface area contributed by atoms with Crippen LogP contribution in [0.4, 0.5) is 5.82 Å². The van der Waals surface area contributed by atoms with Crippen LogP contribution in [0.5, 0.6) is 0 Å². The highest BCUT2D eigenvalue weighted by Crippen LogP contribution is 2.39. The Labute approximate surface area is 130 Å². The lowest BCUT2D eigenvalue weighted by Gasteiger charge is -2.12. The van der Waals surface area contributed by atoms with Crippen molar-refractivity contribution in [1.82, 2.24) is 15.3 Å². The molecule has 0 aliphatic heterocycles. The molecule has 1 aliphatic rings. The normalized spacial score (nSPS) is 19.9. The number of anilines is 1. The molecule has 4 nitrogen and oxygen atoms in total. The van der Waals surface area contributed by atoms with E-state index in [-0.39, 0.29) is 0 Å². The molecule has 108 valence electrons. The van der Waals surface area contributed by atoms with E-state index in [9.17, 15) is 0 Å². The SMILES string of the molecule is CCc1cccnc1NC(=S)NC1CC1c1ccccn1. The van der Waals surface area contributed by atoms with Crippen molar-refractivity contribution >= 4 is 23.1 Å². The van der Waals surface area contributed by atoms with Crippen LogP contribution in [0.15, 0.2) is 42.7 Å². The molecule has 2 heterocycles. The third kappa shape index (κ3) is 3.36. The molecule has 0 amide bonds. The Morgan fingerprint density at radius 1 is 1.24 bits per heavy atom. The fourth-order valence-electron chi connectivity index (χ4n) is 2.43. The molecule has 0 spiro atoms. The third-order valence-corrected chi connectivity index (χ3v) is 3.90. The highest BCUT2D eigenvalue weighted by molar-refractivity contribution is 7.80. The first-order valence-electron chi connectivity index (χ1n) is 7.20. The van der Waals surface area contributed by atoms with Gasteiger partial charge in [-0.05, 0) is 48.8 Å². The molecule has 5 heteroatoms. The van der Waals surface area contributed by atoms with Gasteiger partial charge in [-0.2, -0.15) is 0 Å². The number of aryl methyl sites for hydroxylation is 1. The molecule has 21 heavy (non-hydrogen) atoms. The van der Waals surface area contributed by atoms with E-state index in [1.807, 2.05) is 24.4 Å². The molecule has 2 N–H and O–H groups in total. The minimum Gasteiger partial charge on any atom is -0.359 e. The molecule has 2 aromatic heterocycles. The van der Waals surface area contributed by atoms with Gasteiger partial charge in [-0.15, -0.1) is 0 Å². The smallest absolute Gasteiger partial charge is 0.172 e. The second-order valence-corrected chi connectivity index (χ2v) is 5.57. The van der Waals surface area contributed by atoms with Gasteiger partial charge < -0.3 is 10.6 Å². The zero-order valence-corrected chi connectivity index (χ0v) is 12.7. The van der Waals surface area contributed by atoms with Gasteiger partial charge in [-0.1, -0.05) is 19.1 Å². The van der Waals surface area contributed by atoms with Crippen LogP contribution in [0.25, 0.3) is 0 Å². The first-order valence-corrected chi connectivity index (χ1v) is 7.61. The Hall–Kier alpha value is -2.01. The maximum Gasteiger partial charge on any atom is 0.172 e. The average Bonchev–Trinajstić information content (AvgIpc) is 3.27. The number of nitrogens with zero attached hydrogens (tertiary/aromatic N) is 2. The van der Waals surface area contributed by atoms with Gasteiger partial charge in [0.2, 0.25) is 0 Å². The lowest BCUT2D eigenvalue weighted by atomic mass is 10.2. The number of nitrogens with one attached hydrogen (secondary N) is 2. The van der Waals surface area contributed by atoms with Gasteiger partial charge in [-0.25, -0.2) is 4.98 Å². The van der Waals surface area contributed by atoms with Crippen molar-refractivity contribution in [2.45, 2.75) is 31.7 Å². The predicted octanol–water partition coefficient (Wildman–Crippen LogP) is 2.88. The number of rotatable bonds is 4. The van der Waals surface area contributed by atoms with E-state index in [1.54, 1.807) is 6.20 Å². The largest absolute Gasteiger partial charge is 0.359 e. The molecule has 1 fully saturated rings. The van der Waals surface area contributed by atoms with Gasteiger partial charge in [0, 0.05) is 30.0 Å². The molecule has 1 saturated carbocycles. The zero-order chi connectivity index (χ0) is 14.7. The fraction of sp³-hybridized carbons (Fsp3) is 0.312. The summed E-state index contributed by atoms with van der Waals surface area (Å²) in [4.78, 5) is 8.74. The average molecular weight is 298 g/mol. The molecule has 0 saturated heterocycles. The van der Waals surface area contributed by atoms with Crippen LogP contribution in [0.1, 0.15) is 30.5 Å². The summed E-state index contributed by atoms with van der Waals surface area (Å²) in [6.07, 6.45) is 5.61. The van der Waals surface area contributed by atoms with Gasteiger partial charge >= 0.3 is 0 Å². The number of pyridine rings is 2. The van der Waals surface area contributed by atoms with Crippen LogP contribution >= 0.6 is 12.2 Å². The molecule has 0 bridgehead atoms. The number of hydrogen-bond donors (Lipinski definition) is 2. The van der Waals surface area contributed by atoms with Gasteiger partial charge in [0.1, 0.15) is 5.82 Å². The molecule has 3 rings (SSSR count). The molecule has 1 aliphatic carbocycles. The summed E-state index contributed by atoms with van der Waals surface area (Å²) in [5.41, 5.74) is 2.30. The van der Waals surface area contributed by atoms with Crippen LogP contribution in [0.3, 0.4) is 0 Å². The molecule has 2 aromatic rings. The van der Waals surface area contributed by atoms with Crippen molar-refractivity contribution in [3.8, 4) is 0 Å². The van der Waals surface area contributed by atoms with E-state index in [0.29, 0.717) is 17.1 Å². The van der Waals surface area contributed by atoms with E-state index in [4.69, 9.17) is 12.2 Å². The summed E-state index contributed by atoms with van der Waals surface area (Å²) in [7, 11) is 0. The van der Waals surface area contributed by atoms with Gasteiger partial charge in [-0.3, -0.25) is 4.98 Å². The highest BCUT2D eigenvalue weighted by atomic mass is 32.1. The number of aromatic nitrogens is 2. The highest BCUT2D eigenvalue weighted by Gasteiger charge is 2.39. The summed E-state index contributed by atoms with van der Waals surface area (Å²) in [5, 5.41) is 7.17. The molecular weight excluding hydrogens is 280 g/mol. The van der Waals surface area contributed by atoms with Crippen LogP contribution < -0.4 is 10.6 Å². The van der Waals surface area contributed by atoms with Crippen molar-refractivity contribution in [3.63, 3.8) is 0 Å². The van der Waals surface area contributed by atoms with Crippen molar-refractivity contribution in [2.24, 2.45) is 0 Å². The minimum atomic E-state index is 0.369. The topological polar surface area (TPSA) is 49.8 Å². The predicted molar refractivity (Wildman–Crippen MR) is 88.4 cm³/mol. The summed E-state index contributed by atoms with van der Waals surface area (Å²) in [5.74, 6) is 1.30. The first kappa shape index (κ1) is 13.9. The maximum absolute atomic E-state index is 5.38. The quantitative estimate of drug-likeness (QED) is 0.850. The Morgan fingerprint density at radius 3 is 2.86 bits per heavy atom. The van der Waals surface area contributed by atoms with E-state index >= 15 is 0 Å². The second kappa shape index (κ2) is 6.18. The van der Waals surface area contributed by atoms with Gasteiger partial charge in [0.05, 0.1) is 0 Å². The van der Waals surface area contributed by atoms with Crippen LogP contribution in [-0.4, -0.2) is 21.1 Å². The second-order valence-electron chi connectivity index (χ2n) is 5.17. The lowest BCUT2D eigenvalue weighted by Crippen LogP contribution is -2.31. The molecular formula is C16H18N4S. The van der Waals surface area contributed by atoms with Crippen LogP contribution in [-0.2, 0) is 6.42 Å². The lowest BCUT2D eigenvalue weighted by molar-refractivity contribution is 0.858. The Morgan fingerprint density at radius 2 is 2.10 bits per heavy atom. The summed E-state index contributed by atoms with van der Waals surface area (Å²) in [6, 6.07) is 10.4. The van der Waals surface area contributed by atoms with E-state index in [2.05, 4.69) is 39.7 Å². The maximum atomic E-state index is 5.38. The molecule has 0 aromatic carbocycles. The number of thiocarbonyl (C=S) groups is 1. The van der Waals surface area contributed by atoms with E-state index in [0.717, 1.165) is 24.4 Å². The van der Waals surface area contributed by atoms with E-state index < -0.39 is 0 Å². The van der Waals surface area contributed by atoms with Crippen molar-refractivity contribution in [1.29, 1.82) is 0 Å². The Kier molecular flexibility index (Phi) is 4.10. The van der Waals surface area contributed by atoms with Crippen LogP contribution in [0.2, 0.25) is 0 Å². The number of hydrogen-bond acceptors (Lipinski definition) is 3. The molecule has 2 unspecified atom stereocenters. The Bertz CT molecular complexity index is 629. The summed E-state index contributed by atoms with van der Waals surface area (Å²) >= 11 is 5.38. The first-order chi connectivity index (χ1) is 10.3. The Balaban J connectivity index is 1.56. The molecule has 2 atom stereocenters. The molecule has 0 radical (unpaired) electrons. The fourth-order valence-corrected chi connectivity index (χ4v) is 2.67. The standard InChI is InChI=1S/C16H18N4S/c1-2-11-6-5-9-18-15(11)20-16(21)19-14-10-12(14)13-7-3-4-8-17-13/h3-9,12,14H,2,10H2,1H3,(H2,18,19,20,21). The monoisotopic (exact) mass is 298 g/mol. The van der Waals surface area contributed by atoms with Gasteiger partial charge in [0.15, 0.2) is 5.11 Å². The van der Waals surface area contributed by atoms with Gasteiger partial charge in [0.25, 0.3) is 0 Å². The zero-order valence-electron chi connectivity index (χ0n) is 11.9. The van der Waals surface area contributed by atoms with Crippen molar-refractivity contribution in [3.05, 3.63) is 54.0 Å². The third-order valence-electron chi connectivity index (χ3n) is 3.68. The minimum absolute atomic E-state index is 0.369.